The van der Waals surface area contributed by atoms with E-state index in [1.807, 2.05) is 36.4 Å². The fourth-order valence-electron chi connectivity index (χ4n) is 1.83. The summed E-state index contributed by atoms with van der Waals surface area (Å²) in [6.07, 6.45) is 0. The highest BCUT2D eigenvalue weighted by Crippen LogP contribution is 2.29. The maximum atomic E-state index is 5.15. The molecular formula is C13H11BrN4OS. The van der Waals surface area contributed by atoms with Crippen LogP contribution in [0.1, 0.15) is 5.56 Å². The number of aromatic nitrogens is 4. The highest BCUT2D eigenvalue weighted by atomic mass is 79.9. The fraction of sp³-hybridized carbons (Fsp3) is 0.154. The van der Waals surface area contributed by atoms with Gasteiger partial charge in [0, 0.05) is 0 Å². The Morgan fingerprint density at radius 3 is 2.65 bits per heavy atom. The third kappa shape index (κ3) is 2.73. The molecule has 0 radical (unpaired) electrons. The minimum atomic E-state index is 0.627. The van der Waals surface area contributed by atoms with Crippen molar-refractivity contribution < 1.29 is 4.74 Å². The second-order valence-corrected chi connectivity index (χ2v) is 6.57. The van der Waals surface area contributed by atoms with Gasteiger partial charge in [0.15, 0.2) is 5.82 Å². The van der Waals surface area contributed by atoms with Crippen LogP contribution in [0.25, 0.3) is 10.7 Å². The maximum absolute atomic E-state index is 5.15. The average Bonchev–Trinajstić information content (AvgIpc) is 3.08. The quantitative estimate of drug-likeness (QED) is 0.724. The fourth-order valence-corrected chi connectivity index (χ4v) is 3.20. The lowest BCUT2D eigenvalue weighted by atomic mass is 10.2. The van der Waals surface area contributed by atoms with Crippen LogP contribution in [0.2, 0.25) is 0 Å². The Balaban J connectivity index is 1.86. The van der Waals surface area contributed by atoms with Gasteiger partial charge in [-0.05, 0) is 56.2 Å². The Morgan fingerprint density at radius 2 is 2.00 bits per heavy atom. The lowest BCUT2D eigenvalue weighted by Crippen LogP contribution is -2.03. The predicted octanol–water partition coefficient (Wildman–Crippen LogP) is 3.22. The van der Waals surface area contributed by atoms with Crippen molar-refractivity contribution in [2.75, 3.05) is 7.11 Å². The third-order valence-corrected chi connectivity index (χ3v) is 4.44. The number of ether oxygens (including phenoxy) is 1. The molecule has 3 aromatic rings. The number of tetrazole rings is 1. The van der Waals surface area contributed by atoms with E-state index in [0.29, 0.717) is 6.54 Å². The maximum Gasteiger partial charge on any atom is 0.192 e. The van der Waals surface area contributed by atoms with Crippen molar-refractivity contribution in [3.8, 4) is 16.5 Å². The van der Waals surface area contributed by atoms with Gasteiger partial charge in [0.2, 0.25) is 0 Å². The molecule has 20 heavy (non-hydrogen) atoms. The molecule has 3 rings (SSSR count). The van der Waals surface area contributed by atoms with Crippen LogP contribution in [0.4, 0.5) is 0 Å². The van der Waals surface area contributed by atoms with Crippen molar-refractivity contribution in [3.05, 3.63) is 45.7 Å². The molecule has 1 aromatic carbocycles. The van der Waals surface area contributed by atoms with E-state index in [1.54, 1.807) is 23.1 Å². The molecule has 0 atom stereocenters. The first-order valence-corrected chi connectivity index (χ1v) is 7.52. The van der Waals surface area contributed by atoms with E-state index in [2.05, 4.69) is 31.5 Å². The number of thiophene rings is 1. The summed E-state index contributed by atoms with van der Waals surface area (Å²) >= 11 is 5.06. The Hall–Kier alpha value is -1.73. The first kappa shape index (κ1) is 13.3. The smallest absolute Gasteiger partial charge is 0.192 e. The highest BCUT2D eigenvalue weighted by Gasteiger charge is 2.11. The first-order chi connectivity index (χ1) is 9.76. The third-order valence-electron chi connectivity index (χ3n) is 2.82. The largest absolute Gasteiger partial charge is 0.497 e. The van der Waals surface area contributed by atoms with Gasteiger partial charge in [0.1, 0.15) is 5.75 Å². The number of methoxy groups -OCH3 is 1. The van der Waals surface area contributed by atoms with E-state index >= 15 is 0 Å². The van der Waals surface area contributed by atoms with Gasteiger partial charge >= 0.3 is 0 Å². The molecule has 0 aliphatic heterocycles. The molecule has 102 valence electrons. The lowest BCUT2D eigenvalue weighted by molar-refractivity contribution is 0.414. The number of halogens is 1. The predicted molar refractivity (Wildman–Crippen MR) is 80.9 cm³/mol. The monoisotopic (exact) mass is 350 g/mol. The molecular weight excluding hydrogens is 340 g/mol. The highest BCUT2D eigenvalue weighted by molar-refractivity contribution is 9.11. The molecule has 0 fully saturated rings. The topological polar surface area (TPSA) is 52.8 Å². The van der Waals surface area contributed by atoms with Gasteiger partial charge in [0.25, 0.3) is 0 Å². The van der Waals surface area contributed by atoms with Crippen molar-refractivity contribution in [1.29, 1.82) is 0 Å². The standard InChI is InChI=1S/C13H11BrN4OS/c1-19-10-4-2-9(3-5-10)8-18-13(15-16-17-18)11-6-7-12(14)20-11/h2-7H,8H2,1H3. The van der Waals surface area contributed by atoms with Crippen molar-refractivity contribution in [2.24, 2.45) is 0 Å². The minimum Gasteiger partial charge on any atom is -0.497 e. The van der Waals surface area contributed by atoms with Crippen LogP contribution in [-0.2, 0) is 6.54 Å². The van der Waals surface area contributed by atoms with Crippen LogP contribution in [0.15, 0.2) is 40.2 Å². The molecule has 0 saturated heterocycles. The second kappa shape index (κ2) is 5.72. The van der Waals surface area contributed by atoms with E-state index in [9.17, 15) is 0 Å². The zero-order valence-electron chi connectivity index (χ0n) is 10.7. The van der Waals surface area contributed by atoms with Gasteiger partial charge in [-0.3, -0.25) is 0 Å². The van der Waals surface area contributed by atoms with Gasteiger partial charge in [-0.2, -0.15) is 0 Å². The zero-order valence-corrected chi connectivity index (χ0v) is 13.1. The Bertz CT molecular complexity index is 707. The summed E-state index contributed by atoms with van der Waals surface area (Å²) in [5.74, 6) is 1.62. The summed E-state index contributed by atoms with van der Waals surface area (Å²) < 4.78 is 8.00. The number of hydrogen-bond acceptors (Lipinski definition) is 5. The Kier molecular flexibility index (Phi) is 3.79. The van der Waals surface area contributed by atoms with E-state index in [1.165, 1.54) is 0 Å². The second-order valence-electron chi connectivity index (χ2n) is 4.11. The molecule has 2 heterocycles. The summed E-state index contributed by atoms with van der Waals surface area (Å²) in [4.78, 5) is 1.04. The van der Waals surface area contributed by atoms with Gasteiger partial charge in [0.05, 0.1) is 22.3 Å². The van der Waals surface area contributed by atoms with Crippen LogP contribution in [0.3, 0.4) is 0 Å². The number of hydrogen-bond donors (Lipinski definition) is 0. The molecule has 0 saturated carbocycles. The number of benzene rings is 1. The van der Waals surface area contributed by atoms with Gasteiger partial charge in [-0.1, -0.05) is 12.1 Å². The Labute approximate surface area is 128 Å². The van der Waals surface area contributed by atoms with Crippen LogP contribution in [0, 0.1) is 0 Å². The van der Waals surface area contributed by atoms with Gasteiger partial charge < -0.3 is 4.74 Å². The van der Waals surface area contributed by atoms with Crippen molar-refractivity contribution in [3.63, 3.8) is 0 Å². The molecule has 0 aliphatic carbocycles. The molecule has 0 unspecified atom stereocenters. The van der Waals surface area contributed by atoms with Crippen molar-refractivity contribution in [2.45, 2.75) is 6.54 Å². The normalized spacial score (nSPS) is 10.7. The number of rotatable bonds is 4. The minimum absolute atomic E-state index is 0.627. The summed E-state index contributed by atoms with van der Waals surface area (Å²) in [6, 6.07) is 11.9. The zero-order chi connectivity index (χ0) is 13.9. The van der Waals surface area contributed by atoms with Crippen LogP contribution >= 0.6 is 27.3 Å². The van der Waals surface area contributed by atoms with Gasteiger partial charge in [-0.15, -0.1) is 16.4 Å². The lowest BCUT2D eigenvalue weighted by Gasteiger charge is -2.05. The Morgan fingerprint density at radius 1 is 1.20 bits per heavy atom. The molecule has 5 nitrogen and oxygen atoms in total. The van der Waals surface area contributed by atoms with Crippen LogP contribution < -0.4 is 4.74 Å². The molecule has 0 bridgehead atoms. The molecule has 7 heteroatoms. The van der Waals surface area contributed by atoms with E-state index in [-0.39, 0.29) is 0 Å². The first-order valence-electron chi connectivity index (χ1n) is 5.91. The molecule has 2 aromatic heterocycles. The van der Waals surface area contributed by atoms with E-state index in [4.69, 9.17) is 4.74 Å². The summed E-state index contributed by atoms with van der Waals surface area (Å²) in [7, 11) is 1.66. The van der Waals surface area contributed by atoms with Crippen LogP contribution in [-0.4, -0.2) is 27.3 Å². The molecule has 0 spiro atoms. The van der Waals surface area contributed by atoms with E-state index < -0.39 is 0 Å². The summed E-state index contributed by atoms with van der Waals surface area (Å²) in [5, 5.41) is 11.9. The molecule has 0 aliphatic rings. The summed E-state index contributed by atoms with van der Waals surface area (Å²) in [5.41, 5.74) is 1.12. The SMILES string of the molecule is COc1ccc(Cn2nnnc2-c2ccc(Br)s2)cc1. The van der Waals surface area contributed by atoms with E-state index in [0.717, 1.165) is 25.8 Å². The van der Waals surface area contributed by atoms with Crippen LogP contribution in [0.5, 0.6) is 5.75 Å². The van der Waals surface area contributed by atoms with Crippen molar-refractivity contribution >= 4 is 27.3 Å². The summed E-state index contributed by atoms with van der Waals surface area (Å²) in [6.45, 7) is 0.627. The van der Waals surface area contributed by atoms with Gasteiger partial charge in [-0.25, -0.2) is 4.68 Å². The number of nitrogens with zero attached hydrogens (tertiary/aromatic N) is 4. The average molecular weight is 351 g/mol. The van der Waals surface area contributed by atoms with Crippen molar-refractivity contribution in [1.82, 2.24) is 20.2 Å². The molecule has 0 N–H and O–H groups in total. The molecule has 0 amide bonds.